The standard InChI is InChI=1S/C27H33ClF3N3OS.CH4/c28-21-4-8-24(9-5-21)33-16-12-20(13-17-33)2-1-3-26(35)34-18-14-23(15-19-34)32-22-6-10-25(11-7-22)36-27(29,30)31;/h4-11,20,23,32H,1-3,12-19H2;1H4. The molecule has 204 valence electrons. The Balaban J connectivity index is 0.00000380. The van der Waals surface area contributed by atoms with E-state index in [0.717, 1.165) is 75.4 Å². The number of carbonyl (C=O) groups excluding carboxylic acids is 1. The molecule has 2 aromatic carbocycles. The number of carbonyl (C=O) groups is 1. The zero-order valence-electron chi connectivity index (χ0n) is 20.3. The van der Waals surface area contributed by atoms with E-state index in [4.69, 9.17) is 11.6 Å². The Labute approximate surface area is 227 Å². The van der Waals surface area contributed by atoms with Crippen molar-refractivity contribution in [1.29, 1.82) is 0 Å². The molecular weight excluding hydrogens is 519 g/mol. The van der Waals surface area contributed by atoms with Gasteiger partial charge in [-0.1, -0.05) is 19.0 Å². The van der Waals surface area contributed by atoms with Crippen molar-refractivity contribution in [3.63, 3.8) is 0 Å². The van der Waals surface area contributed by atoms with E-state index in [0.29, 0.717) is 12.3 Å². The zero-order chi connectivity index (χ0) is 25.5. The maximum atomic E-state index is 12.7. The summed E-state index contributed by atoms with van der Waals surface area (Å²) in [6.07, 6.45) is 6.63. The zero-order valence-corrected chi connectivity index (χ0v) is 21.8. The van der Waals surface area contributed by atoms with Crippen LogP contribution >= 0.6 is 23.4 Å². The third-order valence-corrected chi connectivity index (χ3v) is 8.11. The molecule has 4 rings (SSSR count). The lowest BCUT2D eigenvalue weighted by molar-refractivity contribution is -0.132. The summed E-state index contributed by atoms with van der Waals surface area (Å²) >= 11 is 5.89. The summed E-state index contributed by atoms with van der Waals surface area (Å²) in [5.41, 5.74) is -2.24. The average molecular weight is 556 g/mol. The van der Waals surface area contributed by atoms with Crippen LogP contribution in [0.2, 0.25) is 5.02 Å². The largest absolute Gasteiger partial charge is 0.446 e. The molecule has 2 aliphatic heterocycles. The second-order valence-corrected chi connectivity index (χ2v) is 11.2. The van der Waals surface area contributed by atoms with Gasteiger partial charge in [0.15, 0.2) is 0 Å². The van der Waals surface area contributed by atoms with E-state index in [1.54, 1.807) is 12.1 Å². The number of piperidine rings is 2. The molecular formula is C28H37ClF3N3OS. The number of benzene rings is 2. The first-order chi connectivity index (χ1) is 17.2. The Morgan fingerprint density at radius 1 is 0.946 bits per heavy atom. The number of nitrogens with zero attached hydrogens (tertiary/aromatic N) is 2. The van der Waals surface area contributed by atoms with Crippen LogP contribution in [0, 0.1) is 5.92 Å². The molecule has 2 fully saturated rings. The highest BCUT2D eigenvalue weighted by Crippen LogP contribution is 2.37. The highest BCUT2D eigenvalue weighted by Gasteiger charge is 2.29. The molecule has 9 heteroatoms. The van der Waals surface area contributed by atoms with E-state index >= 15 is 0 Å². The van der Waals surface area contributed by atoms with Crippen molar-refractivity contribution in [3.05, 3.63) is 53.6 Å². The van der Waals surface area contributed by atoms with E-state index in [1.165, 1.54) is 17.8 Å². The lowest BCUT2D eigenvalue weighted by Gasteiger charge is -2.34. The van der Waals surface area contributed by atoms with Gasteiger partial charge < -0.3 is 15.1 Å². The lowest BCUT2D eigenvalue weighted by Crippen LogP contribution is -2.42. The van der Waals surface area contributed by atoms with Gasteiger partial charge in [-0.05, 0) is 105 Å². The van der Waals surface area contributed by atoms with Crippen molar-refractivity contribution < 1.29 is 18.0 Å². The molecule has 2 aliphatic rings. The Morgan fingerprint density at radius 2 is 1.57 bits per heavy atom. The second-order valence-electron chi connectivity index (χ2n) is 9.67. The third-order valence-electron chi connectivity index (χ3n) is 7.12. The van der Waals surface area contributed by atoms with Gasteiger partial charge in [0.1, 0.15) is 0 Å². The molecule has 0 atom stereocenters. The number of halogens is 4. The van der Waals surface area contributed by atoms with Crippen LogP contribution in [0.3, 0.4) is 0 Å². The number of nitrogens with one attached hydrogen (secondary N) is 1. The first kappa shape index (κ1) is 29.5. The minimum Gasteiger partial charge on any atom is -0.382 e. The van der Waals surface area contributed by atoms with Crippen molar-refractivity contribution in [2.75, 3.05) is 36.4 Å². The normalized spacial score (nSPS) is 17.4. The Hall–Kier alpha value is -2.06. The van der Waals surface area contributed by atoms with Crippen LogP contribution < -0.4 is 10.2 Å². The van der Waals surface area contributed by atoms with Gasteiger partial charge in [-0.2, -0.15) is 13.2 Å². The first-order valence-corrected chi connectivity index (χ1v) is 13.9. The molecule has 0 bridgehead atoms. The maximum Gasteiger partial charge on any atom is 0.446 e. The molecule has 0 spiro atoms. The number of likely N-dealkylation sites (tertiary alicyclic amines) is 1. The van der Waals surface area contributed by atoms with Crippen molar-refractivity contribution in [2.24, 2.45) is 5.92 Å². The lowest BCUT2D eigenvalue weighted by atomic mass is 9.91. The molecule has 2 aromatic rings. The minimum atomic E-state index is -4.27. The molecule has 0 unspecified atom stereocenters. The number of anilines is 2. The van der Waals surface area contributed by atoms with Crippen LogP contribution in [-0.4, -0.2) is 48.5 Å². The predicted molar refractivity (Wildman–Crippen MR) is 149 cm³/mol. The van der Waals surface area contributed by atoms with Crippen LogP contribution in [-0.2, 0) is 4.79 Å². The highest BCUT2D eigenvalue weighted by atomic mass is 35.5. The van der Waals surface area contributed by atoms with Gasteiger partial charge in [0.25, 0.3) is 0 Å². The number of thioether (sulfide) groups is 1. The number of hydrogen-bond acceptors (Lipinski definition) is 4. The van der Waals surface area contributed by atoms with Crippen LogP contribution in [0.25, 0.3) is 0 Å². The molecule has 2 heterocycles. The van der Waals surface area contributed by atoms with Gasteiger partial charge in [0, 0.05) is 59.9 Å². The average Bonchev–Trinajstić information content (AvgIpc) is 2.86. The fraction of sp³-hybridized carbons (Fsp3) is 0.536. The number of rotatable bonds is 8. The van der Waals surface area contributed by atoms with Crippen LogP contribution in [0.15, 0.2) is 53.4 Å². The molecule has 4 nitrogen and oxygen atoms in total. The second kappa shape index (κ2) is 13.7. The number of alkyl halides is 3. The van der Waals surface area contributed by atoms with Crippen molar-refractivity contribution >= 4 is 40.6 Å². The van der Waals surface area contributed by atoms with E-state index in [2.05, 4.69) is 22.3 Å². The van der Waals surface area contributed by atoms with E-state index in [-0.39, 0.29) is 36.0 Å². The minimum absolute atomic E-state index is 0. The quantitative estimate of drug-likeness (QED) is 0.334. The van der Waals surface area contributed by atoms with Crippen molar-refractivity contribution in [2.45, 2.75) is 68.8 Å². The van der Waals surface area contributed by atoms with Gasteiger partial charge in [-0.25, -0.2) is 0 Å². The van der Waals surface area contributed by atoms with Crippen LogP contribution in [0.4, 0.5) is 24.5 Å². The van der Waals surface area contributed by atoms with Crippen molar-refractivity contribution in [3.8, 4) is 0 Å². The van der Waals surface area contributed by atoms with E-state index in [1.807, 2.05) is 17.0 Å². The monoisotopic (exact) mass is 555 g/mol. The van der Waals surface area contributed by atoms with Crippen LogP contribution in [0.1, 0.15) is 52.4 Å². The van der Waals surface area contributed by atoms with Crippen LogP contribution in [0.5, 0.6) is 0 Å². The predicted octanol–water partition coefficient (Wildman–Crippen LogP) is 8.08. The molecule has 37 heavy (non-hydrogen) atoms. The third kappa shape index (κ3) is 9.32. The molecule has 1 N–H and O–H groups in total. The summed E-state index contributed by atoms with van der Waals surface area (Å²) in [6.45, 7) is 3.53. The fourth-order valence-electron chi connectivity index (χ4n) is 5.09. The van der Waals surface area contributed by atoms with E-state index < -0.39 is 5.51 Å². The molecule has 0 radical (unpaired) electrons. The summed E-state index contributed by atoms with van der Waals surface area (Å²) in [5.74, 6) is 0.915. The molecule has 1 amide bonds. The molecule has 0 aliphatic carbocycles. The Bertz CT molecular complexity index is 972. The van der Waals surface area contributed by atoms with Gasteiger partial charge in [-0.3, -0.25) is 4.79 Å². The number of amides is 1. The Morgan fingerprint density at radius 3 is 2.16 bits per heavy atom. The summed E-state index contributed by atoms with van der Waals surface area (Å²) in [5, 5.41) is 4.16. The molecule has 0 aromatic heterocycles. The summed E-state index contributed by atoms with van der Waals surface area (Å²) in [4.78, 5) is 17.3. The molecule has 2 saturated heterocycles. The molecule has 0 saturated carbocycles. The topological polar surface area (TPSA) is 35.6 Å². The SMILES string of the molecule is C.O=C(CCCC1CCN(c2ccc(Cl)cc2)CC1)N1CCC(Nc2ccc(SC(F)(F)F)cc2)CC1. The van der Waals surface area contributed by atoms with E-state index in [9.17, 15) is 18.0 Å². The Kier molecular flexibility index (Phi) is 10.9. The maximum absolute atomic E-state index is 12.7. The number of hydrogen-bond donors (Lipinski definition) is 1. The fourth-order valence-corrected chi connectivity index (χ4v) is 5.76. The summed E-state index contributed by atoms with van der Waals surface area (Å²) in [7, 11) is 0. The first-order valence-electron chi connectivity index (χ1n) is 12.7. The highest BCUT2D eigenvalue weighted by molar-refractivity contribution is 8.00. The van der Waals surface area contributed by atoms with Crippen molar-refractivity contribution in [1.82, 2.24) is 4.90 Å². The van der Waals surface area contributed by atoms with Gasteiger partial charge >= 0.3 is 5.51 Å². The van der Waals surface area contributed by atoms with Gasteiger partial charge in [-0.15, -0.1) is 0 Å². The summed E-state index contributed by atoms with van der Waals surface area (Å²) < 4.78 is 37.4. The van der Waals surface area contributed by atoms with Gasteiger partial charge in [0.05, 0.1) is 0 Å². The van der Waals surface area contributed by atoms with Gasteiger partial charge in [0.2, 0.25) is 5.91 Å². The summed E-state index contributed by atoms with van der Waals surface area (Å²) in [6, 6.07) is 14.6. The smallest absolute Gasteiger partial charge is 0.382 e.